The van der Waals surface area contributed by atoms with Crippen molar-refractivity contribution < 1.29 is 4.74 Å². The van der Waals surface area contributed by atoms with Crippen LogP contribution in [0.3, 0.4) is 0 Å². The first-order valence-electron chi connectivity index (χ1n) is 7.42. The fourth-order valence-electron chi connectivity index (χ4n) is 3.08. The van der Waals surface area contributed by atoms with Crippen LogP contribution in [-0.4, -0.2) is 7.11 Å². The van der Waals surface area contributed by atoms with Crippen molar-refractivity contribution in [3.8, 4) is 16.9 Å². The van der Waals surface area contributed by atoms with E-state index in [-0.39, 0.29) is 0 Å². The van der Waals surface area contributed by atoms with Gasteiger partial charge < -0.3 is 4.74 Å². The second-order valence-electron chi connectivity index (χ2n) is 5.42. The molecule has 4 aromatic carbocycles. The molecule has 0 fully saturated rings. The third-order valence-corrected chi connectivity index (χ3v) is 4.17. The molecule has 0 heterocycles. The van der Waals surface area contributed by atoms with Gasteiger partial charge in [-0.2, -0.15) is 0 Å². The maximum absolute atomic E-state index is 5.34. The Morgan fingerprint density at radius 3 is 2.00 bits per heavy atom. The van der Waals surface area contributed by atoms with Gasteiger partial charge in [0.05, 0.1) is 7.11 Å². The molecule has 0 aromatic heterocycles. The van der Waals surface area contributed by atoms with Crippen molar-refractivity contribution in [3.05, 3.63) is 78.9 Å². The van der Waals surface area contributed by atoms with Crippen molar-refractivity contribution >= 4 is 21.5 Å². The van der Waals surface area contributed by atoms with Crippen molar-refractivity contribution in [1.29, 1.82) is 0 Å². The van der Waals surface area contributed by atoms with Crippen LogP contribution in [0.2, 0.25) is 0 Å². The highest BCUT2D eigenvalue weighted by Crippen LogP contribution is 2.34. The zero-order valence-corrected chi connectivity index (χ0v) is 12.4. The molecule has 0 unspecified atom stereocenters. The molecule has 0 atom stereocenters. The number of ether oxygens (including phenoxy) is 1. The number of hydrogen-bond acceptors (Lipinski definition) is 1. The van der Waals surface area contributed by atoms with Crippen LogP contribution in [0.4, 0.5) is 0 Å². The molecule has 0 spiro atoms. The topological polar surface area (TPSA) is 9.23 Å². The third-order valence-electron chi connectivity index (χ3n) is 4.17. The van der Waals surface area contributed by atoms with Gasteiger partial charge in [-0.15, -0.1) is 0 Å². The Balaban J connectivity index is 2.04. The third kappa shape index (κ3) is 2.03. The minimum absolute atomic E-state index is 0.891. The molecule has 0 aliphatic carbocycles. The van der Waals surface area contributed by atoms with E-state index in [9.17, 15) is 0 Å². The zero-order valence-electron chi connectivity index (χ0n) is 12.4. The van der Waals surface area contributed by atoms with E-state index in [2.05, 4.69) is 72.8 Å². The molecule has 22 heavy (non-hydrogen) atoms. The molecule has 1 heteroatoms. The Kier molecular flexibility index (Phi) is 3.05. The standard InChI is InChI=1S/C21H16O/c1-22-17-12-13-19-16(14-17)8-5-11-21(19)20-10-4-7-15-6-2-3-9-18(15)20/h2-14H,1H3. The largest absolute Gasteiger partial charge is 0.497 e. The van der Waals surface area contributed by atoms with Crippen LogP contribution in [0, 0.1) is 0 Å². The Morgan fingerprint density at radius 2 is 1.23 bits per heavy atom. The van der Waals surface area contributed by atoms with E-state index in [0.717, 1.165) is 5.75 Å². The summed E-state index contributed by atoms with van der Waals surface area (Å²) in [5.74, 6) is 0.891. The molecule has 0 saturated heterocycles. The summed E-state index contributed by atoms with van der Waals surface area (Å²) in [7, 11) is 1.70. The number of fused-ring (bicyclic) bond motifs is 2. The molecule has 1 nitrogen and oxygen atoms in total. The van der Waals surface area contributed by atoms with Crippen molar-refractivity contribution in [3.63, 3.8) is 0 Å². The molecule has 0 bridgehead atoms. The van der Waals surface area contributed by atoms with Gasteiger partial charge in [0.15, 0.2) is 0 Å². The minimum Gasteiger partial charge on any atom is -0.497 e. The zero-order chi connectivity index (χ0) is 14.9. The lowest BCUT2D eigenvalue weighted by molar-refractivity contribution is 0.415. The van der Waals surface area contributed by atoms with Gasteiger partial charge in [-0.3, -0.25) is 0 Å². The highest BCUT2D eigenvalue weighted by atomic mass is 16.5. The quantitative estimate of drug-likeness (QED) is 0.461. The van der Waals surface area contributed by atoms with Crippen LogP contribution in [-0.2, 0) is 0 Å². The summed E-state index contributed by atoms with van der Waals surface area (Å²) in [6.45, 7) is 0. The molecule has 0 aliphatic rings. The lowest BCUT2D eigenvalue weighted by Gasteiger charge is -2.11. The SMILES string of the molecule is COc1ccc2c(-c3cccc4ccccc34)cccc2c1. The lowest BCUT2D eigenvalue weighted by Crippen LogP contribution is -1.86. The Bertz CT molecular complexity index is 964. The average Bonchev–Trinajstić information content (AvgIpc) is 2.60. The van der Waals surface area contributed by atoms with Crippen molar-refractivity contribution in [2.45, 2.75) is 0 Å². The van der Waals surface area contributed by atoms with Gasteiger partial charge in [0.1, 0.15) is 5.75 Å². The van der Waals surface area contributed by atoms with Gasteiger partial charge in [-0.1, -0.05) is 66.7 Å². The molecule has 0 amide bonds. The maximum atomic E-state index is 5.34. The summed E-state index contributed by atoms with van der Waals surface area (Å²) in [6.07, 6.45) is 0. The van der Waals surface area contributed by atoms with Crippen LogP contribution < -0.4 is 4.74 Å². The Labute approximate surface area is 129 Å². The summed E-state index contributed by atoms with van der Waals surface area (Å²) in [4.78, 5) is 0. The highest BCUT2D eigenvalue weighted by molar-refractivity contribution is 6.05. The fraction of sp³-hybridized carbons (Fsp3) is 0.0476. The summed E-state index contributed by atoms with van der Waals surface area (Å²) in [5, 5.41) is 5.00. The first-order valence-corrected chi connectivity index (χ1v) is 7.42. The molecule has 0 aliphatic heterocycles. The van der Waals surface area contributed by atoms with E-state index in [4.69, 9.17) is 4.74 Å². The second kappa shape index (κ2) is 5.19. The van der Waals surface area contributed by atoms with Gasteiger partial charge in [-0.25, -0.2) is 0 Å². The summed E-state index contributed by atoms with van der Waals surface area (Å²) < 4.78 is 5.34. The molecule has 106 valence electrons. The molecular weight excluding hydrogens is 268 g/mol. The van der Waals surface area contributed by atoms with E-state index in [1.165, 1.54) is 32.7 Å². The minimum atomic E-state index is 0.891. The molecule has 0 radical (unpaired) electrons. The van der Waals surface area contributed by atoms with Crippen LogP contribution >= 0.6 is 0 Å². The van der Waals surface area contributed by atoms with Crippen LogP contribution in [0.5, 0.6) is 5.75 Å². The number of methoxy groups -OCH3 is 1. The Morgan fingerprint density at radius 1 is 0.591 bits per heavy atom. The Hall–Kier alpha value is -2.80. The molecule has 4 rings (SSSR count). The summed E-state index contributed by atoms with van der Waals surface area (Å²) >= 11 is 0. The van der Waals surface area contributed by atoms with Crippen molar-refractivity contribution in [2.75, 3.05) is 7.11 Å². The van der Waals surface area contributed by atoms with E-state index in [1.807, 2.05) is 6.07 Å². The van der Waals surface area contributed by atoms with Crippen LogP contribution in [0.15, 0.2) is 78.9 Å². The number of rotatable bonds is 2. The van der Waals surface area contributed by atoms with Crippen LogP contribution in [0.1, 0.15) is 0 Å². The predicted octanol–water partition coefficient (Wildman–Crippen LogP) is 5.67. The maximum Gasteiger partial charge on any atom is 0.119 e. The van der Waals surface area contributed by atoms with E-state index in [0.29, 0.717) is 0 Å². The summed E-state index contributed by atoms with van der Waals surface area (Å²) in [5.41, 5.74) is 2.53. The predicted molar refractivity (Wildman–Crippen MR) is 93.4 cm³/mol. The normalized spacial score (nSPS) is 11.0. The van der Waals surface area contributed by atoms with Crippen LogP contribution in [0.25, 0.3) is 32.7 Å². The monoisotopic (exact) mass is 284 g/mol. The number of hydrogen-bond donors (Lipinski definition) is 0. The van der Waals surface area contributed by atoms with Gasteiger partial charge in [0.2, 0.25) is 0 Å². The van der Waals surface area contributed by atoms with E-state index < -0.39 is 0 Å². The fourth-order valence-corrected chi connectivity index (χ4v) is 3.08. The molecule has 4 aromatic rings. The highest BCUT2D eigenvalue weighted by Gasteiger charge is 2.07. The molecular formula is C21H16O. The second-order valence-corrected chi connectivity index (χ2v) is 5.42. The van der Waals surface area contributed by atoms with E-state index >= 15 is 0 Å². The lowest BCUT2D eigenvalue weighted by atomic mass is 9.94. The first kappa shape index (κ1) is 12.9. The van der Waals surface area contributed by atoms with E-state index in [1.54, 1.807) is 7.11 Å². The first-order chi connectivity index (χ1) is 10.9. The van der Waals surface area contributed by atoms with Gasteiger partial charge >= 0.3 is 0 Å². The van der Waals surface area contributed by atoms with Gasteiger partial charge in [-0.05, 0) is 44.8 Å². The summed E-state index contributed by atoms with van der Waals surface area (Å²) in [6, 6.07) is 27.7. The number of benzene rings is 4. The van der Waals surface area contributed by atoms with Gasteiger partial charge in [0.25, 0.3) is 0 Å². The molecule has 0 N–H and O–H groups in total. The van der Waals surface area contributed by atoms with Gasteiger partial charge in [0, 0.05) is 0 Å². The van der Waals surface area contributed by atoms with Crippen molar-refractivity contribution in [1.82, 2.24) is 0 Å². The smallest absolute Gasteiger partial charge is 0.119 e. The average molecular weight is 284 g/mol. The van der Waals surface area contributed by atoms with Crippen molar-refractivity contribution in [2.24, 2.45) is 0 Å². The molecule has 0 saturated carbocycles.